The summed E-state index contributed by atoms with van der Waals surface area (Å²) in [5.74, 6) is -1.82. The van der Waals surface area contributed by atoms with Gasteiger partial charge in [0.25, 0.3) is 5.78 Å². The first-order valence-corrected chi connectivity index (χ1v) is 10.9. The van der Waals surface area contributed by atoms with E-state index in [0.29, 0.717) is 22.0 Å². The van der Waals surface area contributed by atoms with Crippen molar-refractivity contribution in [1.29, 1.82) is 0 Å². The van der Waals surface area contributed by atoms with Gasteiger partial charge in [-0.3, -0.25) is 14.5 Å². The number of halogens is 1. The second-order valence-electron chi connectivity index (χ2n) is 7.42. The lowest BCUT2D eigenvalue weighted by molar-refractivity contribution is -0.132. The maximum Gasteiger partial charge on any atom is 0.301 e. The SMILES string of the molecule is COc1ccc2nc(N3C(=O)C(=O)/C(=C(/O)c4ccc(F)cc4)C3c3ccccc3)sc2c1. The topological polar surface area (TPSA) is 79.7 Å². The van der Waals surface area contributed by atoms with Crippen LogP contribution in [0.4, 0.5) is 9.52 Å². The zero-order chi connectivity index (χ0) is 23.1. The van der Waals surface area contributed by atoms with Crippen molar-refractivity contribution >= 4 is 44.1 Å². The average Bonchev–Trinajstić information content (AvgIpc) is 3.37. The molecule has 0 bridgehead atoms. The molecule has 0 aliphatic carbocycles. The van der Waals surface area contributed by atoms with E-state index in [-0.39, 0.29) is 16.9 Å². The van der Waals surface area contributed by atoms with Gasteiger partial charge in [0.2, 0.25) is 0 Å². The number of amides is 1. The first-order valence-electron chi connectivity index (χ1n) is 10.0. The second-order valence-corrected chi connectivity index (χ2v) is 8.43. The number of nitrogens with zero attached hydrogens (tertiary/aromatic N) is 2. The van der Waals surface area contributed by atoms with Crippen LogP contribution < -0.4 is 9.64 Å². The maximum absolute atomic E-state index is 13.4. The Kier molecular flexibility index (Phi) is 5.14. The number of methoxy groups -OCH3 is 1. The Morgan fingerprint density at radius 3 is 2.48 bits per heavy atom. The monoisotopic (exact) mass is 460 g/mol. The molecule has 1 unspecified atom stereocenters. The van der Waals surface area contributed by atoms with Crippen molar-refractivity contribution in [2.45, 2.75) is 6.04 Å². The van der Waals surface area contributed by atoms with Gasteiger partial charge in [0.05, 0.1) is 28.9 Å². The molecule has 3 aromatic carbocycles. The molecule has 0 spiro atoms. The summed E-state index contributed by atoms with van der Waals surface area (Å²) < 4.78 is 19.5. The van der Waals surface area contributed by atoms with E-state index in [9.17, 15) is 19.1 Å². The Morgan fingerprint density at radius 2 is 1.79 bits per heavy atom. The number of aliphatic hydroxyl groups is 1. The van der Waals surface area contributed by atoms with Crippen molar-refractivity contribution < 1.29 is 23.8 Å². The van der Waals surface area contributed by atoms with Gasteiger partial charge in [-0.15, -0.1) is 0 Å². The van der Waals surface area contributed by atoms with E-state index >= 15 is 0 Å². The van der Waals surface area contributed by atoms with Crippen LogP contribution in [-0.2, 0) is 9.59 Å². The highest BCUT2D eigenvalue weighted by Crippen LogP contribution is 2.44. The van der Waals surface area contributed by atoms with Crippen molar-refractivity contribution in [2.75, 3.05) is 12.0 Å². The number of ether oxygens (including phenoxy) is 1. The Hall–Kier alpha value is -4.04. The van der Waals surface area contributed by atoms with Gasteiger partial charge in [-0.2, -0.15) is 0 Å². The van der Waals surface area contributed by atoms with Gasteiger partial charge in [0.15, 0.2) is 5.13 Å². The third-order valence-electron chi connectivity index (χ3n) is 5.47. The first kappa shape index (κ1) is 20.8. The average molecular weight is 460 g/mol. The van der Waals surface area contributed by atoms with Crippen LogP contribution in [0.3, 0.4) is 0 Å². The molecule has 33 heavy (non-hydrogen) atoms. The fourth-order valence-corrected chi connectivity index (χ4v) is 4.89. The number of hydrogen-bond donors (Lipinski definition) is 1. The van der Waals surface area contributed by atoms with Crippen molar-refractivity contribution in [3.8, 4) is 5.75 Å². The number of thiazole rings is 1. The summed E-state index contributed by atoms with van der Waals surface area (Å²) in [5.41, 5.74) is 1.46. The van der Waals surface area contributed by atoms with E-state index in [1.54, 1.807) is 43.5 Å². The molecule has 2 heterocycles. The first-order chi connectivity index (χ1) is 16.0. The largest absolute Gasteiger partial charge is 0.507 e. The quantitative estimate of drug-likeness (QED) is 0.261. The molecule has 1 aliphatic rings. The maximum atomic E-state index is 13.4. The van der Waals surface area contributed by atoms with E-state index in [4.69, 9.17) is 4.74 Å². The molecule has 0 radical (unpaired) electrons. The molecule has 164 valence electrons. The lowest BCUT2D eigenvalue weighted by Crippen LogP contribution is -2.29. The molecule has 4 aromatic rings. The molecule has 5 rings (SSSR count). The predicted octanol–water partition coefficient (Wildman–Crippen LogP) is 5.07. The van der Waals surface area contributed by atoms with E-state index < -0.39 is 23.5 Å². The molecule has 1 fully saturated rings. The Morgan fingerprint density at radius 1 is 1.06 bits per heavy atom. The van der Waals surface area contributed by atoms with Crippen molar-refractivity contribution in [1.82, 2.24) is 4.98 Å². The number of Topliss-reactive ketones (excluding diaryl/α,β-unsaturated/α-hetero) is 1. The molecule has 1 N–H and O–H groups in total. The summed E-state index contributed by atoms with van der Waals surface area (Å²) in [6.07, 6.45) is 0. The summed E-state index contributed by atoms with van der Waals surface area (Å²) in [4.78, 5) is 32.2. The number of anilines is 1. The third kappa shape index (κ3) is 3.54. The molecule has 1 atom stereocenters. The van der Waals surface area contributed by atoms with Crippen LogP contribution in [0.5, 0.6) is 5.75 Å². The van der Waals surface area contributed by atoms with Crippen LogP contribution in [0.1, 0.15) is 17.2 Å². The molecular formula is C25H17FN2O4S. The van der Waals surface area contributed by atoms with E-state index in [1.807, 2.05) is 12.1 Å². The normalized spacial score (nSPS) is 17.6. The molecule has 1 aliphatic heterocycles. The number of aliphatic hydroxyl groups excluding tert-OH is 1. The number of aromatic nitrogens is 1. The fraction of sp³-hybridized carbons (Fsp3) is 0.0800. The van der Waals surface area contributed by atoms with Crippen LogP contribution in [0, 0.1) is 5.82 Å². The fourth-order valence-electron chi connectivity index (χ4n) is 3.87. The highest BCUT2D eigenvalue weighted by atomic mass is 32.1. The van der Waals surface area contributed by atoms with E-state index in [1.165, 1.54) is 40.5 Å². The van der Waals surface area contributed by atoms with Gasteiger partial charge in [0.1, 0.15) is 17.3 Å². The lowest BCUT2D eigenvalue weighted by Gasteiger charge is -2.22. The zero-order valence-corrected chi connectivity index (χ0v) is 18.2. The molecule has 1 amide bonds. The van der Waals surface area contributed by atoms with Crippen LogP contribution in [-0.4, -0.2) is 28.9 Å². The number of carbonyl (C=O) groups excluding carboxylic acids is 2. The molecule has 0 saturated carbocycles. The number of ketones is 1. The lowest BCUT2D eigenvalue weighted by atomic mass is 9.95. The number of hydrogen-bond acceptors (Lipinski definition) is 6. The summed E-state index contributed by atoms with van der Waals surface area (Å²) in [6, 6.07) is 18.5. The minimum atomic E-state index is -0.890. The number of benzene rings is 3. The van der Waals surface area contributed by atoms with E-state index in [0.717, 1.165) is 4.70 Å². The predicted molar refractivity (Wildman–Crippen MR) is 124 cm³/mol. The van der Waals surface area contributed by atoms with Crippen molar-refractivity contribution in [3.05, 3.63) is 95.3 Å². The summed E-state index contributed by atoms with van der Waals surface area (Å²) in [6.45, 7) is 0. The van der Waals surface area contributed by atoms with E-state index in [2.05, 4.69) is 4.98 Å². The number of carbonyl (C=O) groups is 2. The number of fused-ring (bicyclic) bond motifs is 1. The summed E-state index contributed by atoms with van der Waals surface area (Å²) >= 11 is 1.25. The van der Waals surface area contributed by atoms with Crippen molar-refractivity contribution in [2.24, 2.45) is 0 Å². The van der Waals surface area contributed by atoms with Gasteiger partial charge in [-0.05, 0) is 48.0 Å². The van der Waals surface area contributed by atoms with Gasteiger partial charge >= 0.3 is 5.91 Å². The molecule has 8 heteroatoms. The van der Waals surface area contributed by atoms with Crippen molar-refractivity contribution in [3.63, 3.8) is 0 Å². The minimum absolute atomic E-state index is 0.0744. The Labute approximate surface area is 192 Å². The van der Waals surface area contributed by atoms with Crippen LogP contribution in [0.2, 0.25) is 0 Å². The molecule has 1 aromatic heterocycles. The van der Waals surface area contributed by atoms with Crippen LogP contribution in [0.25, 0.3) is 16.0 Å². The summed E-state index contributed by atoms with van der Waals surface area (Å²) in [7, 11) is 1.56. The molecule has 6 nitrogen and oxygen atoms in total. The zero-order valence-electron chi connectivity index (χ0n) is 17.4. The van der Waals surface area contributed by atoms with Gasteiger partial charge in [0, 0.05) is 5.56 Å². The summed E-state index contributed by atoms with van der Waals surface area (Å²) in [5, 5.41) is 11.4. The van der Waals surface area contributed by atoms with Gasteiger partial charge in [-0.25, -0.2) is 9.37 Å². The van der Waals surface area contributed by atoms with Crippen LogP contribution >= 0.6 is 11.3 Å². The van der Waals surface area contributed by atoms with Gasteiger partial charge < -0.3 is 9.84 Å². The molecular weight excluding hydrogens is 443 g/mol. The number of rotatable bonds is 4. The minimum Gasteiger partial charge on any atom is -0.507 e. The smallest absolute Gasteiger partial charge is 0.301 e. The Balaban J connectivity index is 1.71. The third-order valence-corrected chi connectivity index (χ3v) is 6.49. The second kappa shape index (κ2) is 8.14. The standard InChI is InChI=1S/C25H17FN2O4S/c1-32-17-11-12-18-19(13-17)33-25(27-18)28-21(14-5-3-2-4-6-14)20(23(30)24(28)31)22(29)15-7-9-16(26)10-8-15/h2-13,21,29H,1H3/b22-20+. The van der Waals surface area contributed by atoms with Crippen LogP contribution in [0.15, 0.2) is 78.4 Å². The Bertz CT molecular complexity index is 1410. The van der Waals surface area contributed by atoms with Gasteiger partial charge in [-0.1, -0.05) is 41.7 Å². The highest BCUT2D eigenvalue weighted by Gasteiger charge is 2.48. The molecule has 1 saturated heterocycles. The highest BCUT2D eigenvalue weighted by molar-refractivity contribution is 7.22.